The molecular formula is C15H28N2O. The highest BCUT2D eigenvalue weighted by Gasteiger charge is 2.38. The maximum atomic E-state index is 6.23. The first kappa shape index (κ1) is 12.9. The molecule has 3 rings (SSSR count). The quantitative estimate of drug-likeness (QED) is 0.680. The Balaban J connectivity index is 1.32. The molecule has 0 radical (unpaired) electrons. The van der Waals surface area contributed by atoms with Gasteiger partial charge in [-0.3, -0.25) is 0 Å². The van der Waals surface area contributed by atoms with Gasteiger partial charge in [0, 0.05) is 18.6 Å². The van der Waals surface area contributed by atoms with Crippen LogP contribution in [0.1, 0.15) is 51.4 Å². The highest BCUT2D eigenvalue weighted by molar-refractivity contribution is 4.92. The van der Waals surface area contributed by atoms with E-state index >= 15 is 0 Å². The Hall–Kier alpha value is -0.120. The van der Waals surface area contributed by atoms with Crippen molar-refractivity contribution < 1.29 is 4.74 Å². The van der Waals surface area contributed by atoms with E-state index in [-0.39, 0.29) is 5.60 Å². The summed E-state index contributed by atoms with van der Waals surface area (Å²) in [4.78, 5) is 2.47. The summed E-state index contributed by atoms with van der Waals surface area (Å²) in [7, 11) is 2.24. The third-order valence-corrected chi connectivity index (χ3v) is 4.88. The zero-order valence-corrected chi connectivity index (χ0v) is 11.8. The fourth-order valence-electron chi connectivity index (χ4n) is 2.93. The van der Waals surface area contributed by atoms with Crippen molar-refractivity contribution in [3.05, 3.63) is 0 Å². The molecule has 0 aromatic heterocycles. The Labute approximate surface area is 111 Å². The Morgan fingerprint density at radius 2 is 2.00 bits per heavy atom. The van der Waals surface area contributed by atoms with E-state index in [1.807, 2.05) is 0 Å². The van der Waals surface area contributed by atoms with Gasteiger partial charge in [-0.2, -0.15) is 0 Å². The van der Waals surface area contributed by atoms with Crippen molar-refractivity contribution in [1.82, 2.24) is 10.2 Å². The molecule has 0 aromatic rings. The molecule has 18 heavy (non-hydrogen) atoms. The van der Waals surface area contributed by atoms with Gasteiger partial charge in [0.1, 0.15) is 0 Å². The van der Waals surface area contributed by atoms with E-state index in [0.717, 1.165) is 31.8 Å². The molecule has 3 nitrogen and oxygen atoms in total. The minimum absolute atomic E-state index is 0.242. The smallest absolute Gasteiger partial charge is 0.0695 e. The summed E-state index contributed by atoms with van der Waals surface area (Å²) in [6, 6.07) is 1.70. The van der Waals surface area contributed by atoms with Gasteiger partial charge >= 0.3 is 0 Å². The molecule has 3 heteroatoms. The highest BCUT2D eigenvalue weighted by Crippen LogP contribution is 2.38. The molecule has 104 valence electrons. The number of likely N-dealkylation sites (N-methyl/N-ethyl adjacent to an activating group) is 1. The minimum Gasteiger partial charge on any atom is -0.374 e. The monoisotopic (exact) mass is 252 g/mol. The van der Waals surface area contributed by atoms with E-state index < -0.39 is 0 Å². The van der Waals surface area contributed by atoms with Crippen LogP contribution >= 0.6 is 0 Å². The third-order valence-electron chi connectivity index (χ3n) is 4.88. The number of nitrogens with one attached hydrogen (secondary N) is 1. The molecule has 0 heterocycles. The van der Waals surface area contributed by atoms with Crippen LogP contribution in [-0.2, 0) is 4.74 Å². The summed E-state index contributed by atoms with van der Waals surface area (Å²) in [5.41, 5.74) is 0.242. The molecular weight excluding hydrogens is 224 g/mol. The molecule has 0 aliphatic heterocycles. The van der Waals surface area contributed by atoms with Gasteiger partial charge in [-0.1, -0.05) is 0 Å². The Bertz CT molecular complexity index is 270. The Morgan fingerprint density at radius 3 is 2.56 bits per heavy atom. The summed E-state index contributed by atoms with van der Waals surface area (Å²) >= 11 is 0. The van der Waals surface area contributed by atoms with Gasteiger partial charge in [-0.15, -0.1) is 0 Å². The first-order chi connectivity index (χ1) is 8.77. The van der Waals surface area contributed by atoms with E-state index in [1.165, 1.54) is 51.4 Å². The molecule has 0 saturated heterocycles. The lowest BCUT2D eigenvalue weighted by molar-refractivity contribution is -0.108. The fraction of sp³-hybridized carbons (Fsp3) is 1.00. The summed E-state index contributed by atoms with van der Waals surface area (Å²) < 4.78 is 6.23. The lowest BCUT2D eigenvalue weighted by Gasteiger charge is -2.42. The molecule has 1 N–H and O–H groups in total. The maximum absolute atomic E-state index is 6.23. The molecule has 3 saturated carbocycles. The molecule has 0 bridgehead atoms. The van der Waals surface area contributed by atoms with Crippen LogP contribution in [0.4, 0.5) is 0 Å². The van der Waals surface area contributed by atoms with E-state index in [0.29, 0.717) is 0 Å². The van der Waals surface area contributed by atoms with Crippen molar-refractivity contribution in [2.45, 2.75) is 69.1 Å². The van der Waals surface area contributed by atoms with Crippen molar-refractivity contribution in [1.29, 1.82) is 0 Å². The van der Waals surface area contributed by atoms with Gasteiger partial charge in [0.2, 0.25) is 0 Å². The zero-order valence-electron chi connectivity index (χ0n) is 11.8. The normalized spacial score (nSPS) is 26.3. The van der Waals surface area contributed by atoms with Crippen LogP contribution in [0.25, 0.3) is 0 Å². The fourth-order valence-corrected chi connectivity index (χ4v) is 2.93. The SMILES string of the molecule is CN(CCOC1(CCNC2CC2)CCC1)C1CC1. The number of hydrogen-bond acceptors (Lipinski definition) is 3. The molecule has 3 fully saturated rings. The Kier molecular flexibility index (Phi) is 3.92. The van der Waals surface area contributed by atoms with Crippen LogP contribution in [0.15, 0.2) is 0 Å². The standard InChI is InChI=1S/C15H28N2O/c1-17(14-5-6-14)11-12-18-15(7-2-8-15)9-10-16-13-3-4-13/h13-14,16H,2-12H2,1H3. The van der Waals surface area contributed by atoms with E-state index in [9.17, 15) is 0 Å². The van der Waals surface area contributed by atoms with Crippen LogP contribution in [-0.4, -0.2) is 49.3 Å². The molecule has 0 aromatic carbocycles. The van der Waals surface area contributed by atoms with Gasteiger partial charge in [0.25, 0.3) is 0 Å². The zero-order chi connectivity index (χ0) is 12.4. The third kappa shape index (κ3) is 3.46. The molecule has 0 atom stereocenters. The van der Waals surface area contributed by atoms with Gasteiger partial charge in [-0.05, 0) is 65.0 Å². The van der Waals surface area contributed by atoms with Crippen LogP contribution < -0.4 is 5.32 Å². The lowest BCUT2D eigenvalue weighted by atomic mass is 9.77. The second kappa shape index (κ2) is 5.48. The number of rotatable bonds is 9. The van der Waals surface area contributed by atoms with Crippen LogP contribution in [0.2, 0.25) is 0 Å². The highest BCUT2D eigenvalue weighted by atomic mass is 16.5. The van der Waals surface area contributed by atoms with Gasteiger partial charge in [-0.25, -0.2) is 0 Å². The summed E-state index contributed by atoms with van der Waals surface area (Å²) in [6.45, 7) is 3.20. The predicted octanol–water partition coefficient (Wildman–Crippen LogP) is 2.16. The summed E-state index contributed by atoms with van der Waals surface area (Å²) in [5, 5.41) is 3.62. The van der Waals surface area contributed by atoms with Crippen LogP contribution in [0.5, 0.6) is 0 Å². The molecule has 3 aliphatic rings. The van der Waals surface area contributed by atoms with Gasteiger partial charge in [0.05, 0.1) is 12.2 Å². The van der Waals surface area contributed by atoms with E-state index in [2.05, 4.69) is 17.3 Å². The topological polar surface area (TPSA) is 24.5 Å². The van der Waals surface area contributed by atoms with Crippen LogP contribution in [0.3, 0.4) is 0 Å². The van der Waals surface area contributed by atoms with E-state index in [4.69, 9.17) is 4.74 Å². The van der Waals surface area contributed by atoms with E-state index in [1.54, 1.807) is 0 Å². The number of nitrogens with zero attached hydrogens (tertiary/aromatic N) is 1. The van der Waals surface area contributed by atoms with Crippen LogP contribution in [0, 0.1) is 0 Å². The second-order valence-electron chi connectivity index (χ2n) is 6.58. The van der Waals surface area contributed by atoms with Crippen molar-refractivity contribution in [3.63, 3.8) is 0 Å². The van der Waals surface area contributed by atoms with Crippen molar-refractivity contribution in [3.8, 4) is 0 Å². The van der Waals surface area contributed by atoms with Crippen molar-refractivity contribution >= 4 is 0 Å². The molecule has 0 spiro atoms. The first-order valence-corrected chi connectivity index (χ1v) is 7.85. The molecule has 0 unspecified atom stereocenters. The number of ether oxygens (including phenoxy) is 1. The molecule has 0 amide bonds. The van der Waals surface area contributed by atoms with Crippen molar-refractivity contribution in [2.75, 3.05) is 26.7 Å². The second-order valence-corrected chi connectivity index (χ2v) is 6.58. The Morgan fingerprint density at radius 1 is 1.22 bits per heavy atom. The minimum atomic E-state index is 0.242. The maximum Gasteiger partial charge on any atom is 0.0695 e. The first-order valence-electron chi connectivity index (χ1n) is 7.85. The predicted molar refractivity (Wildman–Crippen MR) is 73.8 cm³/mol. The lowest BCUT2D eigenvalue weighted by Crippen LogP contribution is -2.44. The van der Waals surface area contributed by atoms with Gasteiger partial charge < -0.3 is 15.0 Å². The van der Waals surface area contributed by atoms with Crippen molar-refractivity contribution in [2.24, 2.45) is 0 Å². The number of hydrogen-bond donors (Lipinski definition) is 1. The average molecular weight is 252 g/mol. The molecule has 3 aliphatic carbocycles. The summed E-state index contributed by atoms with van der Waals surface area (Å²) in [5.74, 6) is 0. The van der Waals surface area contributed by atoms with Gasteiger partial charge in [0.15, 0.2) is 0 Å². The average Bonchev–Trinajstić information content (AvgIpc) is 3.14. The largest absolute Gasteiger partial charge is 0.374 e. The summed E-state index contributed by atoms with van der Waals surface area (Å²) in [6.07, 6.45) is 10.7.